The minimum absolute atomic E-state index is 0.247. The van der Waals surface area contributed by atoms with Crippen molar-refractivity contribution in [1.82, 2.24) is 4.90 Å². The minimum atomic E-state index is -0.593. The van der Waals surface area contributed by atoms with E-state index in [0.29, 0.717) is 35.8 Å². The molecule has 0 unspecified atom stereocenters. The zero-order chi connectivity index (χ0) is 20.1. The van der Waals surface area contributed by atoms with Gasteiger partial charge in [-0.2, -0.15) is 5.26 Å². The van der Waals surface area contributed by atoms with Crippen molar-refractivity contribution in [1.29, 1.82) is 5.26 Å². The van der Waals surface area contributed by atoms with E-state index in [4.69, 9.17) is 14.2 Å². The van der Waals surface area contributed by atoms with Crippen molar-refractivity contribution in [2.45, 2.75) is 12.1 Å². The van der Waals surface area contributed by atoms with Gasteiger partial charge < -0.3 is 24.2 Å². The highest BCUT2D eigenvalue weighted by atomic mass is 16.5. The van der Waals surface area contributed by atoms with Crippen molar-refractivity contribution < 1.29 is 24.1 Å². The van der Waals surface area contributed by atoms with Crippen LogP contribution in [0.4, 0.5) is 0 Å². The quantitative estimate of drug-likeness (QED) is 0.852. The number of nitriles is 1. The topological polar surface area (TPSA) is 92.0 Å². The molecule has 1 N–H and O–H groups in total. The van der Waals surface area contributed by atoms with E-state index in [1.165, 1.54) is 7.11 Å². The lowest BCUT2D eigenvalue weighted by molar-refractivity contribution is -0.0811. The Morgan fingerprint density at radius 3 is 2.68 bits per heavy atom. The molecular formula is C21H22N2O5. The van der Waals surface area contributed by atoms with Crippen LogP contribution in [0, 0.1) is 11.3 Å². The molecule has 0 aliphatic carbocycles. The number of amides is 1. The van der Waals surface area contributed by atoms with Gasteiger partial charge >= 0.3 is 0 Å². The van der Waals surface area contributed by atoms with Crippen LogP contribution >= 0.6 is 0 Å². The molecule has 0 spiro atoms. The molecule has 7 nitrogen and oxygen atoms in total. The summed E-state index contributed by atoms with van der Waals surface area (Å²) in [5.74, 6) is 0.807. The highest BCUT2D eigenvalue weighted by Crippen LogP contribution is 2.36. The lowest BCUT2D eigenvalue weighted by Gasteiger charge is -2.41. The fourth-order valence-corrected chi connectivity index (χ4v) is 3.47. The van der Waals surface area contributed by atoms with Crippen LogP contribution < -0.4 is 9.47 Å². The fraction of sp³-hybridized carbons (Fsp3) is 0.333. The first-order valence-electron chi connectivity index (χ1n) is 8.89. The molecule has 1 aliphatic rings. The molecule has 28 heavy (non-hydrogen) atoms. The summed E-state index contributed by atoms with van der Waals surface area (Å²) in [5, 5.41) is 19.2. The standard InChI is InChI=1S/C21H22N2O5/c1-26-17-8-7-14(11-18(17)27-2)20-19(13-24)28-10-9-23(20)21(25)16-6-4-3-5-15(16)12-22/h3-8,11,19-20,24H,9-10,13H2,1-2H3/t19-,20-/m0/s1. The number of methoxy groups -OCH3 is 2. The number of nitrogens with zero attached hydrogens (tertiary/aromatic N) is 2. The van der Waals surface area contributed by atoms with Crippen LogP contribution in [-0.2, 0) is 4.74 Å². The van der Waals surface area contributed by atoms with E-state index in [-0.39, 0.29) is 12.5 Å². The Bertz CT molecular complexity index is 893. The molecule has 0 radical (unpaired) electrons. The number of morpholine rings is 1. The van der Waals surface area contributed by atoms with Crippen LogP contribution in [0.5, 0.6) is 11.5 Å². The second-order valence-corrected chi connectivity index (χ2v) is 6.31. The third kappa shape index (κ3) is 3.65. The van der Waals surface area contributed by atoms with E-state index in [1.807, 2.05) is 6.07 Å². The van der Waals surface area contributed by atoms with Crippen LogP contribution in [0.25, 0.3) is 0 Å². The zero-order valence-corrected chi connectivity index (χ0v) is 15.8. The summed E-state index contributed by atoms with van der Waals surface area (Å²) in [5.41, 5.74) is 1.39. The molecule has 1 saturated heterocycles. The van der Waals surface area contributed by atoms with E-state index in [1.54, 1.807) is 48.4 Å². The summed E-state index contributed by atoms with van der Waals surface area (Å²) in [7, 11) is 3.08. The average molecular weight is 382 g/mol. The summed E-state index contributed by atoms with van der Waals surface area (Å²) in [4.78, 5) is 14.9. The number of rotatable bonds is 5. The van der Waals surface area contributed by atoms with Crippen LogP contribution in [0.3, 0.4) is 0 Å². The molecule has 1 amide bonds. The average Bonchev–Trinajstić information content (AvgIpc) is 2.77. The Morgan fingerprint density at radius 2 is 2.00 bits per heavy atom. The number of hydrogen-bond donors (Lipinski definition) is 1. The van der Waals surface area contributed by atoms with E-state index < -0.39 is 12.1 Å². The highest BCUT2D eigenvalue weighted by molar-refractivity contribution is 5.97. The number of carbonyl (C=O) groups is 1. The lowest BCUT2D eigenvalue weighted by atomic mass is 9.96. The predicted molar refractivity (Wildman–Crippen MR) is 101 cm³/mol. The van der Waals surface area contributed by atoms with Gasteiger partial charge in [-0.1, -0.05) is 18.2 Å². The van der Waals surface area contributed by atoms with Gasteiger partial charge in [0.15, 0.2) is 11.5 Å². The molecule has 2 aromatic rings. The van der Waals surface area contributed by atoms with Crippen molar-refractivity contribution in [3.8, 4) is 17.6 Å². The number of carbonyl (C=O) groups excluding carboxylic acids is 1. The van der Waals surface area contributed by atoms with E-state index in [9.17, 15) is 15.2 Å². The van der Waals surface area contributed by atoms with Crippen LogP contribution in [0.2, 0.25) is 0 Å². The molecule has 3 rings (SSSR count). The van der Waals surface area contributed by atoms with Gasteiger partial charge in [-0.15, -0.1) is 0 Å². The van der Waals surface area contributed by atoms with E-state index >= 15 is 0 Å². The van der Waals surface area contributed by atoms with Crippen molar-refractivity contribution in [3.63, 3.8) is 0 Å². The number of hydrogen-bond acceptors (Lipinski definition) is 6. The highest BCUT2D eigenvalue weighted by Gasteiger charge is 2.37. The van der Waals surface area contributed by atoms with Crippen LogP contribution in [0.1, 0.15) is 27.5 Å². The summed E-state index contributed by atoms with van der Waals surface area (Å²) in [6.45, 7) is 0.395. The summed E-state index contributed by atoms with van der Waals surface area (Å²) in [6, 6.07) is 13.6. The zero-order valence-electron chi connectivity index (χ0n) is 15.8. The molecule has 2 atom stereocenters. The first-order valence-corrected chi connectivity index (χ1v) is 8.89. The molecule has 0 aromatic heterocycles. The molecular weight excluding hydrogens is 360 g/mol. The molecule has 0 bridgehead atoms. The summed E-state index contributed by atoms with van der Waals surface area (Å²) < 4.78 is 16.4. The fourth-order valence-electron chi connectivity index (χ4n) is 3.47. The van der Waals surface area contributed by atoms with E-state index in [2.05, 4.69) is 6.07 Å². The summed E-state index contributed by atoms with van der Waals surface area (Å²) >= 11 is 0. The number of aliphatic hydroxyl groups is 1. The van der Waals surface area contributed by atoms with E-state index in [0.717, 1.165) is 5.56 Å². The number of ether oxygens (including phenoxy) is 3. The smallest absolute Gasteiger partial charge is 0.255 e. The van der Waals surface area contributed by atoms with Gasteiger partial charge in [0.25, 0.3) is 5.91 Å². The van der Waals surface area contributed by atoms with Crippen molar-refractivity contribution in [3.05, 3.63) is 59.2 Å². The molecule has 146 valence electrons. The monoisotopic (exact) mass is 382 g/mol. The summed E-state index contributed by atoms with van der Waals surface area (Å²) in [6.07, 6.45) is -0.593. The van der Waals surface area contributed by atoms with Crippen molar-refractivity contribution >= 4 is 5.91 Å². The number of aliphatic hydroxyl groups excluding tert-OH is 1. The lowest BCUT2D eigenvalue weighted by Crippen LogP contribution is -2.49. The van der Waals surface area contributed by atoms with Gasteiger partial charge in [-0.05, 0) is 29.8 Å². The Hall–Kier alpha value is -3.08. The van der Waals surface area contributed by atoms with Gasteiger partial charge in [0.2, 0.25) is 0 Å². The minimum Gasteiger partial charge on any atom is -0.493 e. The maximum atomic E-state index is 13.3. The third-order valence-corrected chi connectivity index (χ3v) is 4.82. The number of benzene rings is 2. The normalized spacial score (nSPS) is 19.0. The molecule has 7 heteroatoms. The first-order chi connectivity index (χ1) is 13.6. The van der Waals surface area contributed by atoms with Gasteiger partial charge in [0.05, 0.1) is 50.7 Å². The Kier molecular flexibility index (Phi) is 6.14. The molecule has 1 aliphatic heterocycles. The molecule has 0 saturated carbocycles. The largest absolute Gasteiger partial charge is 0.493 e. The van der Waals surface area contributed by atoms with Gasteiger partial charge in [0, 0.05) is 6.54 Å². The maximum absolute atomic E-state index is 13.3. The molecule has 2 aromatic carbocycles. The molecule has 1 heterocycles. The van der Waals surface area contributed by atoms with Gasteiger partial charge in [-0.3, -0.25) is 4.79 Å². The maximum Gasteiger partial charge on any atom is 0.255 e. The second kappa shape index (κ2) is 8.74. The van der Waals surface area contributed by atoms with Crippen LogP contribution in [0.15, 0.2) is 42.5 Å². The van der Waals surface area contributed by atoms with Crippen molar-refractivity contribution in [2.75, 3.05) is 34.0 Å². The van der Waals surface area contributed by atoms with Crippen LogP contribution in [-0.4, -0.2) is 56.0 Å². The first kappa shape index (κ1) is 19.7. The van der Waals surface area contributed by atoms with Crippen molar-refractivity contribution in [2.24, 2.45) is 0 Å². The Labute approximate surface area is 163 Å². The molecule has 1 fully saturated rings. The van der Waals surface area contributed by atoms with Gasteiger partial charge in [-0.25, -0.2) is 0 Å². The second-order valence-electron chi connectivity index (χ2n) is 6.31. The predicted octanol–water partition coefficient (Wildman–Crippen LogP) is 2.15. The third-order valence-electron chi connectivity index (χ3n) is 4.82. The van der Waals surface area contributed by atoms with Gasteiger partial charge in [0.1, 0.15) is 6.10 Å². The Morgan fingerprint density at radius 1 is 1.25 bits per heavy atom. The Balaban J connectivity index is 2.04. The SMILES string of the molecule is COc1ccc([C@H]2[C@H](CO)OCCN2C(=O)c2ccccc2C#N)cc1OC.